The van der Waals surface area contributed by atoms with E-state index in [9.17, 15) is 18.0 Å². The number of benzene rings is 2. The molecule has 0 heterocycles. The van der Waals surface area contributed by atoms with Gasteiger partial charge in [-0.25, -0.2) is 8.42 Å². The van der Waals surface area contributed by atoms with Gasteiger partial charge in [0.05, 0.1) is 19.1 Å². The Bertz CT molecular complexity index is 1150. The Balaban J connectivity index is 2.48. The van der Waals surface area contributed by atoms with Gasteiger partial charge in [0.25, 0.3) is 0 Å². The lowest BCUT2D eigenvalue weighted by atomic mass is 10.1. The Morgan fingerprint density at radius 3 is 2.03 bits per heavy atom. The van der Waals surface area contributed by atoms with E-state index in [1.807, 2.05) is 59.7 Å². The molecule has 0 aliphatic heterocycles. The molecule has 0 bridgehead atoms. The van der Waals surface area contributed by atoms with Crippen LogP contribution in [0.1, 0.15) is 50.8 Å². The van der Waals surface area contributed by atoms with Crippen LogP contribution in [0.3, 0.4) is 0 Å². The van der Waals surface area contributed by atoms with Crippen LogP contribution in [0.2, 0.25) is 0 Å². The molecule has 198 valence electrons. The standard InChI is InChI=1S/C27H39N3O5S/c1-9-24(26(32)28-27(4,5)6)29(17-21-10-12-23(35-7)13-11-21)25(31)18-30(36(8,33)34)22-15-19(2)14-20(3)16-22/h10-16,24H,9,17-18H2,1-8H3,(H,28,32)/t24-/m0/s1. The average molecular weight is 518 g/mol. The summed E-state index contributed by atoms with van der Waals surface area (Å²) in [6.07, 6.45) is 1.45. The third-order valence-electron chi connectivity index (χ3n) is 5.57. The van der Waals surface area contributed by atoms with E-state index in [0.717, 1.165) is 27.3 Å². The number of ether oxygens (including phenoxy) is 1. The van der Waals surface area contributed by atoms with Crippen molar-refractivity contribution in [2.45, 2.75) is 66.1 Å². The molecule has 0 radical (unpaired) electrons. The molecule has 0 fully saturated rings. The van der Waals surface area contributed by atoms with E-state index in [1.165, 1.54) is 4.90 Å². The lowest BCUT2D eigenvalue weighted by molar-refractivity contribution is -0.141. The molecule has 0 saturated heterocycles. The van der Waals surface area contributed by atoms with E-state index in [1.54, 1.807) is 31.4 Å². The zero-order valence-electron chi connectivity index (χ0n) is 22.6. The van der Waals surface area contributed by atoms with Gasteiger partial charge in [0.2, 0.25) is 21.8 Å². The van der Waals surface area contributed by atoms with Crippen molar-refractivity contribution in [3.05, 3.63) is 59.2 Å². The van der Waals surface area contributed by atoms with Gasteiger partial charge in [-0.15, -0.1) is 0 Å². The van der Waals surface area contributed by atoms with Crippen LogP contribution in [0.5, 0.6) is 5.75 Å². The Hall–Kier alpha value is -3.07. The zero-order chi connectivity index (χ0) is 27.3. The summed E-state index contributed by atoms with van der Waals surface area (Å²) < 4.78 is 31.9. The lowest BCUT2D eigenvalue weighted by Crippen LogP contribution is -2.55. The number of methoxy groups -OCH3 is 1. The van der Waals surface area contributed by atoms with Crippen LogP contribution in [0.25, 0.3) is 0 Å². The second-order valence-corrected chi connectivity index (χ2v) is 12.1. The fourth-order valence-corrected chi connectivity index (χ4v) is 4.84. The van der Waals surface area contributed by atoms with E-state index < -0.39 is 34.1 Å². The maximum atomic E-state index is 13.8. The van der Waals surface area contributed by atoms with E-state index in [2.05, 4.69) is 5.32 Å². The number of anilines is 1. The van der Waals surface area contributed by atoms with Gasteiger partial charge in [0.1, 0.15) is 18.3 Å². The third kappa shape index (κ3) is 8.26. The Morgan fingerprint density at radius 2 is 1.58 bits per heavy atom. The molecule has 0 spiro atoms. The van der Waals surface area contributed by atoms with Crippen molar-refractivity contribution in [3.8, 4) is 5.75 Å². The summed E-state index contributed by atoms with van der Waals surface area (Å²) >= 11 is 0. The fraction of sp³-hybridized carbons (Fsp3) is 0.481. The summed E-state index contributed by atoms with van der Waals surface area (Å²) in [5.74, 6) is -0.0808. The van der Waals surface area contributed by atoms with Crippen molar-refractivity contribution in [2.24, 2.45) is 0 Å². The Kier molecular flexibility index (Phi) is 9.54. The summed E-state index contributed by atoms with van der Waals surface area (Å²) in [5, 5.41) is 2.96. The molecule has 0 aliphatic carbocycles. The summed E-state index contributed by atoms with van der Waals surface area (Å²) in [6, 6.07) is 11.8. The monoisotopic (exact) mass is 517 g/mol. The number of carbonyl (C=O) groups excluding carboxylic acids is 2. The minimum absolute atomic E-state index is 0.142. The van der Waals surface area contributed by atoms with Crippen LogP contribution in [0.4, 0.5) is 5.69 Å². The molecule has 8 nitrogen and oxygen atoms in total. The fourth-order valence-electron chi connectivity index (χ4n) is 4.01. The van der Waals surface area contributed by atoms with Gasteiger partial charge in [0, 0.05) is 12.1 Å². The number of carbonyl (C=O) groups is 2. The highest BCUT2D eigenvalue weighted by Gasteiger charge is 2.33. The number of amides is 2. The molecule has 1 atom stereocenters. The molecule has 1 N–H and O–H groups in total. The average Bonchev–Trinajstić information content (AvgIpc) is 2.74. The first kappa shape index (κ1) is 29.2. The molecule has 0 aliphatic rings. The normalized spacial score (nSPS) is 12.6. The van der Waals surface area contributed by atoms with E-state index in [-0.39, 0.29) is 12.5 Å². The minimum Gasteiger partial charge on any atom is -0.497 e. The maximum Gasteiger partial charge on any atom is 0.244 e. The predicted octanol–water partition coefficient (Wildman–Crippen LogP) is 3.80. The highest BCUT2D eigenvalue weighted by molar-refractivity contribution is 7.92. The van der Waals surface area contributed by atoms with Crippen LogP contribution in [-0.2, 0) is 26.2 Å². The Labute approximate surface area is 215 Å². The van der Waals surface area contributed by atoms with Crippen LogP contribution in [0.15, 0.2) is 42.5 Å². The molecule has 0 unspecified atom stereocenters. The number of aryl methyl sites for hydroxylation is 2. The molecule has 2 aromatic rings. The summed E-state index contributed by atoms with van der Waals surface area (Å²) in [5.41, 5.74) is 2.50. The van der Waals surface area contributed by atoms with Gasteiger partial charge in [-0.3, -0.25) is 13.9 Å². The zero-order valence-corrected chi connectivity index (χ0v) is 23.4. The van der Waals surface area contributed by atoms with Gasteiger partial charge in [0.15, 0.2) is 0 Å². The first-order valence-corrected chi connectivity index (χ1v) is 13.8. The predicted molar refractivity (Wildman–Crippen MR) is 144 cm³/mol. The molecule has 2 aromatic carbocycles. The van der Waals surface area contributed by atoms with Gasteiger partial charge < -0.3 is 15.0 Å². The second kappa shape index (κ2) is 11.8. The second-order valence-electron chi connectivity index (χ2n) is 10.1. The lowest BCUT2D eigenvalue weighted by Gasteiger charge is -2.34. The topological polar surface area (TPSA) is 96.0 Å². The van der Waals surface area contributed by atoms with Crippen LogP contribution in [-0.4, -0.2) is 56.6 Å². The molecule has 2 amide bonds. The maximum absolute atomic E-state index is 13.8. The molecule has 0 aromatic heterocycles. The van der Waals surface area contributed by atoms with Crippen molar-refractivity contribution < 1.29 is 22.7 Å². The molecule has 2 rings (SSSR count). The highest BCUT2D eigenvalue weighted by Crippen LogP contribution is 2.23. The largest absolute Gasteiger partial charge is 0.497 e. The summed E-state index contributed by atoms with van der Waals surface area (Å²) in [4.78, 5) is 28.4. The molecule has 0 saturated carbocycles. The number of nitrogens with zero attached hydrogens (tertiary/aromatic N) is 2. The van der Waals surface area contributed by atoms with Crippen molar-refractivity contribution in [1.82, 2.24) is 10.2 Å². The van der Waals surface area contributed by atoms with Crippen LogP contribution < -0.4 is 14.4 Å². The third-order valence-corrected chi connectivity index (χ3v) is 6.71. The number of nitrogens with one attached hydrogen (secondary N) is 1. The van der Waals surface area contributed by atoms with Crippen LogP contribution in [0, 0.1) is 13.8 Å². The SMILES string of the molecule is CC[C@@H](C(=O)NC(C)(C)C)N(Cc1ccc(OC)cc1)C(=O)CN(c1cc(C)cc(C)c1)S(C)(=O)=O. The van der Waals surface area contributed by atoms with Gasteiger partial charge >= 0.3 is 0 Å². The van der Waals surface area contributed by atoms with E-state index >= 15 is 0 Å². The minimum atomic E-state index is -3.77. The Morgan fingerprint density at radius 1 is 1.03 bits per heavy atom. The number of sulfonamides is 1. The molecule has 36 heavy (non-hydrogen) atoms. The summed E-state index contributed by atoms with van der Waals surface area (Å²) in [6.45, 7) is 10.9. The quantitative estimate of drug-likeness (QED) is 0.517. The van der Waals surface area contributed by atoms with Crippen LogP contribution >= 0.6 is 0 Å². The number of rotatable bonds is 10. The smallest absolute Gasteiger partial charge is 0.244 e. The summed E-state index contributed by atoms with van der Waals surface area (Å²) in [7, 11) is -2.20. The first-order valence-electron chi connectivity index (χ1n) is 11.9. The van der Waals surface area contributed by atoms with E-state index in [0.29, 0.717) is 17.9 Å². The van der Waals surface area contributed by atoms with Crippen molar-refractivity contribution in [3.63, 3.8) is 0 Å². The molecule has 9 heteroatoms. The van der Waals surface area contributed by atoms with Crippen molar-refractivity contribution >= 4 is 27.5 Å². The number of hydrogen-bond acceptors (Lipinski definition) is 5. The number of hydrogen-bond donors (Lipinski definition) is 1. The first-order chi connectivity index (χ1) is 16.6. The highest BCUT2D eigenvalue weighted by atomic mass is 32.2. The van der Waals surface area contributed by atoms with Crippen molar-refractivity contribution in [2.75, 3.05) is 24.2 Å². The van der Waals surface area contributed by atoms with Gasteiger partial charge in [-0.05, 0) is 82.0 Å². The van der Waals surface area contributed by atoms with Gasteiger partial charge in [-0.1, -0.05) is 25.1 Å². The van der Waals surface area contributed by atoms with E-state index in [4.69, 9.17) is 4.74 Å². The molecular formula is C27H39N3O5S. The molecular weight excluding hydrogens is 478 g/mol. The van der Waals surface area contributed by atoms with Gasteiger partial charge in [-0.2, -0.15) is 0 Å². The van der Waals surface area contributed by atoms with Crippen molar-refractivity contribution in [1.29, 1.82) is 0 Å².